The molecule has 18 heavy (non-hydrogen) atoms. The Morgan fingerprint density at radius 3 is 3.17 bits per heavy atom. The predicted molar refractivity (Wildman–Crippen MR) is 63.9 cm³/mol. The number of carbonyl (C=O) groups excluding carboxylic acids is 2. The van der Waals surface area contributed by atoms with E-state index in [4.69, 9.17) is 0 Å². The maximum absolute atomic E-state index is 11.0. The number of ether oxygens (including phenoxy) is 1. The molecule has 2 rings (SSSR count). The average molecular weight is 248 g/mol. The van der Waals surface area contributed by atoms with Crippen molar-refractivity contribution in [3.63, 3.8) is 0 Å². The second-order valence-corrected chi connectivity index (χ2v) is 4.47. The molecule has 5 nitrogen and oxygen atoms in total. The number of aryl methyl sites for hydroxylation is 2. The van der Waals surface area contributed by atoms with Crippen molar-refractivity contribution in [2.45, 2.75) is 32.1 Å². The van der Waals surface area contributed by atoms with Crippen molar-refractivity contribution in [3.8, 4) is 0 Å². The van der Waals surface area contributed by atoms with E-state index in [0.29, 0.717) is 18.7 Å². The molecule has 0 aromatic carbocycles. The molecule has 1 aliphatic rings. The van der Waals surface area contributed by atoms with E-state index in [0.717, 1.165) is 36.8 Å². The monoisotopic (exact) mass is 248 g/mol. The molecule has 0 bridgehead atoms. The molecule has 96 valence electrons. The topological polar surface area (TPSA) is 69.2 Å². The molecule has 0 saturated heterocycles. The Morgan fingerprint density at radius 2 is 2.44 bits per heavy atom. The predicted octanol–water partition coefficient (Wildman–Crippen LogP) is 0.886. The number of methoxy groups -OCH3 is 1. The van der Waals surface area contributed by atoms with Gasteiger partial charge in [0, 0.05) is 24.2 Å². The number of fused-ring (bicyclic) bond motifs is 1. The fraction of sp³-hybridized carbons (Fsp3) is 0.538. The van der Waals surface area contributed by atoms with Crippen molar-refractivity contribution < 1.29 is 14.3 Å². The molecule has 0 spiro atoms. The molecule has 0 radical (unpaired) electrons. The van der Waals surface area contributed by atoms with E-state index in [-0.39, 0.29) is 11.9 Å². The molecule has 0 amide bonds. The Labute approximate surface area is 106 Å². The van der Waals surface area contributed by atoms with Gasteiger partial charge in [-0.2, -0.15) is 0 Å². The van der Waals surface area contributed by atoms with E-state index in [1.807, 2.05) is 0 Å². The molecule has 5 heteroatoms. The molecule has 1 atom stereocenters. The summed E-state index contributed by atoms with van der Waals surface area (Å²) in [6.45, 7) is 0. The molecule has 1 unspecified atom stereocenters. The van der Waals surface area contributed by atoms with E-state index in [1.54, 1.807) is 6.20 Å². The molecule has 0 saturated carbocycles. The summed E-state index contributed by atoms with van der Waals surface area (Å²) in [5.41, 5.74) is 2.07. The van der Waals surface area contributed by atoms with Crippen LogP contribution >= 0.6 is 0 Å². The first-order chi connectivity index (χ1) is 8.72. The minimum atomic E-state index is -0.252. The molecule has 1 aromatic heterocycles. The van der Waals surface area contributed by atoms with E-state index in [2.05, 4.69) is 14.7 Å². The van der Waals surface area contributed by atoms with Crippen molar-refractivity contribution >= 4 is 12.3 Å². The molecule has 0 N–H and O–H groups in total. The van der Waals surface area contributed by atoms with Gasteiger partial charge in [-0.25, -0.2) is 9.97 Å². The van der Waals surface area contributed by atoms with Crippen molar-refractivity contribution in [3.05, 3.63) is 23.3 Å². The molecule has 1 aromatic rings. The highest BCUT2D eigenvalue weighted by Gasteiger charge is 2.19. The Kier molecular flexibility index (Phi) is 4.02. The SMILES string of the molecule is COC(=O)CCc1ncc2c(n1)CCC(C=O)C2. The number of hydrogen-bond donors (Lipinski definition) is 0. The zero-order valence-electron chi connectivity index (χ0n) is 10.4. The molecule has 1 aliphatic carbocycles. The summed E-state index contributed by atoms with van der Waals surface area (Å²) in [5, 5.41) is 0. The van der Waals surface area contributed by atoms with Gasteiger partial charge in [-0.15, -0.1) is 0 Å². The summed E-state index contributed by atoms with van der Waals surface area (Å²) < 4.78 is 4.58. The number of hydrogen-bond acceptors (Lipinski definition) is 5. The maximum atomic E-state index is 11.0. The van der Waals surface area contributed by atoms with Gasteiger partial charge in [0.1, 0.15) is 12.1 Å². The zero-order valence-corrected chi connectivity index (χ0v) is 10.4. The minimum absolute atomic E-state index is 0.0991. The van der Waals surface area contributed by atoms with Crippen LogP contribution in [0.5, 0.6) is 0 Å². The highest BCUT2D eigenvalue weighted by atomic mass is 16.5. The van der Waals surface area contributed by atoms with Gasteiger partial charge in [-0.1, -0.05) is 0 Å². The quantitative estimate of drug-likeness (QED) is 0.584. The minimum Gasteiger partial charge on any atom is -0.469 e. The van der Waals surface area contributed by atoms with Crippen LogP contribution in [0.25, 0.3) is 0 Å². The molecular formula is C13H16N2O3. The lowest BCUT2D eigenvalue weighted by Crippen LogP contribution is -2.18. The molecule has 0 aliphatic heterocycles. The van der Waals surface area contributed by atoms with Crippen LogP contribution in [0.4, 0.5) is 0 Å². The Morgan fingerprint density at radius 1 is 1.61 bits per heavy atom. The van der Waals surface area contributed by atoms with Gasteiger partial charge in [-0.05, 0) is 24.8 Å². The normalized spacial score (nSPS) is 17.9. The van der Waals surface area contributed by atoms with Crippen molar-refractivity contribution in [1.29, 1.82) is 0 Å². The standard InChI is InChI=1S/C13H16N2O3/c1-18-13(17)5-4-12-14-7-10-6-9(8-16)2-3-11(10)15-12/h7-9H,2-6H2,1H3. The summed E-state index contributed by atoms with van der Waals surface area (Å²) in [5.74, 6) is 0.517. The average Bonchev–Trinajstić information content (AvgIpc) is 2.43. The van der Waals surface area contributed by atoms with Crippen molar-refractivity contribution in [2.24, 2.45) is 5.92 Å². The second-order valence-electron chi connectivity index (χ2n) is 4.47. The van der Waals surface area contributed by atoms with Gasteiger partial charge in [0.05, 0.1) is 13.5 Å². The lowest BCUT2D eigenvalue weighted by atomic mass is 9.88. The zero-order chi connectivity index (χ0) is 13.0. The maximum Gasteiger partial charge on any atom is 0.305 e. The second kappa shape index (κ2) is 5.71. The van der Waals surface area contributed by atoms with Crippen LogP contribution in [0.15, 0.2) is 6.20 Å². The van der Waals surface area contributed by atoms with Gasteiger partial charge < -0.3 is 9.53 Å². The van der Waals surface area contributed by atoms with Crippen LogP contribution in [0, 0.1) is 5.92 Å². The van der Waals surface area contributed by atoms with Gasteiger partial charge >= 0.3 is 5.97 Å². The molecular weight excluding hydrogens is 232 g/mol. The summed E-state index contributed by atoms with van der Waals surface area (Å²) in [6.07, 6.45) is 5.98. The van der Waals surface area contributed by atoms with E-state index in [9.17, 15) is 9.59 Å². The fourth-order valence-corrected chi connectivity index (χ4v) is 2.13. The van der Waals surface area contributed by atoms with Gasteiger partial charge in [0.15, 0.2) is 0 Å². The number of aromatic nitrogens is 2. The number of rotatable bonds is 4. The van der Waals surface area contributed by atoms with Crippen LogP contribution in [0.3, 0.4) is 0 Å². The first-order valence-electron chi connectivity index (χ1n) is 6.08. The number of nitrogens with zero attached hydrogens (tertiary/aromatic N) is 2. The first-order valence-corrected chi connectivity index (χ1v) is 6.08. The number of esters is 1. The summed E-state index contributed by atoms with van der Waals surface area (Å²) >= 11 is 0. The lowest BCUT2D eigenvalue weighted by molar-refractivity contribution is -0.140. The van der Waals surface area contributed by atoms with E-state index >= 15 is 0 Å². The molecule has 0 fully saturated rings. The van der Waals surface area contributed by atoms with Crippen molar-refractivity contribution in [1.82, 2.24) is 9.97 Å². The number of carbonyl (C=O) groups is 2. The summed E-state index contributed by atoms with van der Waals surface area (Å²) in [4.78, 5) is 30.5. The first kappa shape index (κ1) is 12.7. The van der Waals surface area contributed by atoms with Gasteiger partial charge in [0.2, 0.25) is 0 Å². The van der Waals surface area contributed by atoms with Gasteiger partial charge in [0.25, 0.3) is 0 Å². The summed E-state index contributed by atoms with van der Waals surface area (Å²) in [7, 11) is 1.37. The van der Waals surface area contributed by atoms with Crippen LogP contribution < -0.4 is 0 Å². The third-order valence-electron chi connectivity index (χ3n) is 3.21. The Hall–Kier alpha value is -1.78. The van der Waals surface area contributed by atoms with E-state index in [1.165, 1.54) is 7.11 Å². The third kappa shape index (κ3) is 2.91. The fourth-order valence-electron chi connectivity index (χ4n) is 2.13. The van der Waals surface area contributed by atoms with Crippen LogP contribution in [-0.2, 0) is 33.6 Å². The lowest BCUT2D eigenvalue weighted by Gasteiger charge is -2.19. The highest BCUT2D eigenvalue weighted by molar-refractivity contribution is 5.69. The van der Waals surface area contributed by atoms with Gasteiger partial charge in [-0.3, -0.25) is 4.79 Å². The third-order valence-corrected chi connectivity index (χ3v) is 3.21. The van der Waals surface area contributed by atoms with E-state index < -0.39 is 0 Å². The van der Waals surface area contributed by atoms with Crippen LogP contribution in [0.1, 0.15) is 29.9 Å². The van der Waals surface area contributed by atoms with Crippen molar-refractivity contribution in [2.75, 3.05) is 7.11 Å². The Bertz CT molecular complexity index is 460. The summed E-state index contributed by atoms with van der Waals surface area (Å²) in [6, 6.07) is 0. The van der Waals surface area contributed by atoms with Crippen LogP contribution in [-0.4, -0.2) is 29.3 Å². The smallest absolute Gasteiger partial charge is 0.305 e. The molecule has 1 heterocycles. The Balaban J connectivity index is 2.04. The highest BCUT2D eigenvalue weighted by Crippen LogP contribution is 2.22. The largest absolute Gasteiger partial charge is 0.469 e. The van der Waals surface area contributed by atoms with Crippen LogP contribution in [0.2, 0.25) is 0 Å². The number of aldehydes is 1.